The summed E-state index contributed by atoms with van der Waals surface area (Å²) < 4.78 is 5.08. The van der Waals surface area contributed by atoms with Gasteiger partial charge in [0.25, 0.3) is 0 Å². The smallest absolute Gasteiger partial charge is 0.328 e. The number of ether oxygens (including phenoxy) is 1. The van der Waals surface area contributed by atoms with E-state index in [0.29, 0.717) is 31.3 Å². The van der Waals surface area contributed by atoms with Crippen molar-refractivity contribution in [2.45, 2.75) is 71.4 Å². The van der Waals surface area contributed by atoms with E-state index in [1.54, 1.807) is 6.92 Å². The molecule has 0 aliphatic heterocycles. The molecule has 1 fully saturated rings. The van der Waals surface area contributed by atoms with Gasteiger partial charge < -0.3 is 15.8 Å². The van der Waals surface area contributed by atoms with Crippen molar-refractivity contribution in [3.63, 3.8) is 0 Å². The van der Waals surface area contributed by atoms with E-state index in [4.69, 9.17) is 10.5 Å². The Hall–Kier alpha value is -1.10. The molecule has 0 aromatic carbocycles. The summed E-state index contributed by atoms with van der Waals surface area (Å²) in [6.45, 7) is 6.15. The van der Waals surface area contributed by atoms with Crippen LogP contribution in [0.2, 0.25) is 0 Å². The zero-order chi connectivity index (χ0) is 15.8. The molecule has 0 aromatic rings. The topological polar surface area (TPSA) is 81.4 Å². The second-order valence-corrected chi connectivity index (χ2v) is 6.44. The molecule has 0 radical (unpaired) electrons. The molecule has 122 valence electrons. The summed E-state index contributed by atoms with van der Waals surface area (Å²) in [5.41, 5.74) is 5.88. The molecule has 0 bridgehead atoms. The van der Waals surface area contributed by atoms with Gasteiger partial charge >= 0.3 is 5.97 Å². The molecule has 5 nitrogen and oxygen atoms in total. The van der Waals surface area contributed by atoms with Gasteiger partial charge in [-0.1, -0.05) is 39.5 Å². The summed E-state index contributed by atoms with van der Waals surface area (Å²) in [5, 5.41) is 2.80. The van der Waals surface area contributed by atoms with E-state index < -0.39 is 12.1 Å². The summed E-state index contributed by atoms with van der Waals surface area (Å²) in [6, 6.07) is -1.12. The summed E-state index contributed by atoms with van der Waals surface area (Å²) >= 11 is 0. The second-order valence-electron chi connectivity index (χ2n) is 6.44. The van der Waals surface area contributed by atoms with E-state index in [1.807, 2.05) is 13.8 Å². The highest BCUT2D eigenvalue weighted by atomic mass is 16.5. The van der Waals surface area contributed by atoms with Crippen LogP contribution in [-0.2, 0) is 14.3 Å². The Morgan fingerprint density at radius 1 is 1.29 bits per heavy atom. The molecule has 1 rings (SSSR count). The Bertz CT molecular complexity index is 338. The van der Waals surface area contributed by atoms with E-state index >= 15 is 0 Å². The zero-order valence-electron chi connectivity index (χ0n) is 13.6. The van der Waals surface area contributed by atoms with Crippen LogP contribution < -0.4 is 11.1 Å². The van der Waals surface area contributed by atoms with Crippen molar-refractivity contribution in [2.24, 2.45) is 17.6 Å². The third kappa shape index (κ3) is 6.46. The van der Waals surface area contributed by atoms with Crippen molar-refractivity contribution in [3.8, 4) is 0 Å². The van der Waals surface area contributed by atoms with Crippen LogP contribution in [0.5, 0.6) is 0 Å². The Kier molecular flexibility index (Phi) is 7.72. The zero-order valence-corrected chi connectivity index (χ0v) is 13.6. The first-order valence-electron chi connectivity index (χ1n) is 8.16. The van der Waals surface area contributed by atoms with E-state index in [0.717, 1.165) is 12.8 Å². The minimum atomic E-state index is -0.564. The lowest BCUT2D eigenvalue weighted by atomic mass is 9.97. The van der Waals surface area contributed by atoms with Crippen LogP contribution in [0.4, 0.5) is 0 Å². The molecule has 2 atom stereocenters. The van der Waals surface area contributed by atoms with Gasteiger partial charge in [0.15, 0.2) is 0 Å². The third-order valence-corrected chi connectivity index (χ3v) is 3.99. The number of amides is 1. The molecule has 0 heterocycles. The summed E-state index contributed by atoms with van der Waals surface area (Å²) in [7, 11) is 0. The van der Waals surface area contributed by atoms with Crippen LogP contribution in [-0.4, -0.2) is 30.6 Å². The van der Waals surface area contributed by atoms with Gasteiger partial charge in [-0.3, -0.25) is 4.79 Å². The average Bonchev–Trinajstić information content (AvgIpc) is 2.90. The van der Waals surface area contributed by atoms with Crippen molar-refractivity contribution in [3.05, 3.63) is 0 Å². The summed E-state index contributed by atoms with van der Waals surface area (Å²) in [5.74, 6) is 0.261. The highest BCUT2D eigenvalue weighted by Gasteiger charge is 2.29. The largest absolute Gasteiger partial charge is 0.464 e. The van der Waals surface area contributed by atoms with Crippen LogP contribution >= 0.6 is 0 Å². The quantitative estimate of drug-likeness (QED) is 0.671. The van der Waals surface area contributed by atoms with Crippen LogP contribution in [0.15, 0.2) is 0 Å². The standard InChI is InChI=1S/C16H30N2O3/c1-4-21-16(20)14(10-12-7-5-6-8-12)18-15(19)13(17)9-11(2)3/h11-14H,4-10,17H2,1-3H3,(H,18,19)/t13-,14-/m0/s1. The van der Waals surface area contributed by atoms with Gasteiger partial charge in [0, 0.05) is 0 Å². The second kappa shape index (κ2) is 9.03. The van der Waals surface area contributed by atoms with Crippen molar-refractivity contribution < 1.29 is 14.3 Å². The lowest BCUT2D eigenvalue weighted by molar-refractivity contribution is -0.148. The van der Waals surface area contributed by atoms with Crippen LogP contribution in [0, 0.1) is 11.8 Å². The Balaban J connectivity index is 2.58. The fraction of sp³-hybridized carbons (Fsp3) is 0.875. The van der Waals surface area contributed by atoms with Gasteiger partial charge in [-0.25, -0.2) is 4.79 Å². The molecule has 21 heavy (non-hydrogen) atoms. The molecule has 0 saturated heterocycles. The van der Waals surface area contributed by atoms with Gasteiger partial charge in [0.2, 0.25) is 5.91 Å². The Morgan fingerprint density at radius 2 is 1.90 bits per heavy atom. The lowest BCUT2D eigenvalue weighted by Gasteiger charge is -2.22. The molecule has 5 heteroatoms. The molecule has 1 aliphatic rings. The molecular weight excluding hydrogens is 268 g/mol. The first-order valence-corrected chi connectivity index (χ1v) is 8.16. The SMILES string of the molecule is CCOC(=O)[C@H](CC1CCCC1)NC(=O)[C@@H](N)CC(C)C. The first kappa shape index (κ1) is 18.0. The van der Waals surface area contributed by atoms with E-state index in [1.165, 1.54) is 12.8 Å². The van der Waals surface area contributed by atoms with Crippen molar-refractivity contribution in [2.75, 3.05) is 6.61 Å². The van der Waals surface area contributed by atoms with Crippen molar-refractivity contribution in [1.29, 1.82) is 0 Å². The van der Waals surface area contributed by atoms with Gasteiger partial charge in [-0.05, 0) is 31.6 Å². The minimum absolute atomic E-state index is 0.250. The predicted molar refractivity (Wildman–Crippen MR) is 82.6 cm³/mol. The number of hydrogen-bond donors (Lipinski definition) is 2. The molecule has 0 spiro atoms. The van der Waals surface area contributed by atoms with Gasteiger partial charge in [-0.15, -0.1) is 0 Å². The number of nitrogens with one attached hydrogen (secondary N) is 1. The van der Waals surface area contributed by atoms with Gasteiger partial charge in [0.1, 0.15) is 6.04 Å². The maximum atomic E-state index is 12.1. The van der Waals surface area contributed by atoms with Gasteiger partial charge in [0.05, 0.1) is 12.6 Å². The summed E-state index contributed by atoms with van der Waals surface area (Å²) in [4.78, 5) is 24.2. The molecule has 0 unspecified atom stereocenters. The van der Waals surface area contributed by atoms with E-state index in [9.17, 15) is 9.59 Å². The number of esters is 1. The van der Waals surface area contributed by atoms with E-state index in [-0.39, 0.29) is 11.9 Å². The normalized spacial score (nSPS) is 18.5. The Labute approximate surface area is 128 Å². The molecule has 1 aliphatic carbocycles. The van der Waals surface area contributed by atoms with Crippen LogP contribution in [0.25, 0.3) is 0 Å². The monoisotopic (exact) mass is 298 g/mol. The van der Waals surface area contributed by atoms with Crippen LogP contribution in [0.1, 0.15) is 59.3 Å². The number of nitrogens with two attached hydrogens (primary N) is 1. The third-order valence-electron chi connectivity index (χ3n) is 3.99. The number of carbonyl (C=O) groups excluding carboxylic acids is 2. The maximum Gasteiger partial charge on any atom is 0.328 e. The molecule has 1 saturated carbocycles. The maximum absolute atomic E-state index is 12.1. The first-order chi connectivity index (χ1) is 9.93. The highest BCUT2D eigenvalue weighted by molar-refractivity contribution is 5.87. The number of hydrogen-bond acceptors (Lipinski definition) is 4. The molecular formula is C16H30N2O3. The molecule has 0 aromatic heterocycles. The Morgan fingerprint density at radius 3 is 2.43 bits per heavy atom. The fourth-order valence-corrected chi connectivity index (χ4v) is 2.93. The number of rotatable bonds is 8. The van der Waals surface area contributed by atoms with Crippen molar-refractivity contribution in [1.82, 2.24) is 5.32 Å². The minimum Gasteiger partial charge on any atom is -0.464 e. The summed E-state index contributed by atoms with van der Waals surface area (Å²) in [6.07, 6.45) is 5.96. The molecule has 1 amide bonds. The molecule has 3 N–H and O–H groups in total. The van der Waals surface area contributed by atoms with E-state index in [2.05, 4.69) is 5.32 Å². The fourth-order valence-electron chi connectivity index (χ4n) is 2.93. The average molecular weight is 298 g/mol. The lowest BCUT2D eigenvalue weighted by Crippen LogP contribution is -2.49. The highest BCUT2D eigenvalue weighted by Crippen LogP contribution is 2.28. The van der Waals surface area contributed by atoms with Crippen LogP contribution in [0.3, 0.4) is 0 Å². The van der Waals surface area contributed by atoms with Gasteiger partial charge in [-0.2, -0.15) is 0 Å². The van der Waals surface area contributed by atoms with Crippen molar-refractivity contribution >= 4 is 11.9 Å². The predicted octanol–water partition coefficient (Wildman–Crippen LogP) is 1.99. The number of carbonyl (C=O) groups is 2.